The monoisotopic (exact) mass is 284 g/mol. The summed E-state index contributed by atoms with van der Waals surface area (Å²) in [6, 6.07) is 10.6. The Morgan fingerprint density at radius 2 is 1.81 bits per heavy atom. The van der Waals surface area contributed by atoms with Gasteiger partial charge in [0.15, 0.2) is 12.4 Å². The number of rotatable bonds is 5. The van der Waals surface area contributed by atoms with Gasteiger partial charge >= 0.3 is 5.97 Å². The first kappa shape index (κ1) is 14.8. The summed E-state index contributed by atoms with van der Waals surface area (Å²) in [7, 11) is 0. The van der Waals surface area contributed by atoms with Crippen LogP contribution in [-0.4, -0.2) is 23.5 Å². The number of esters is 1. The van der Waals surface area contributed by atoms with Crippen molar-refractivity contribution in [2.45, 2.75) is 13.3 Å². The molecule has 0 aliphatic heterocycles. The zero-order valence-corrected chi connectivity index (χ0v) is 11.8. The van der Waals surface area contributed by atoms with Crippen LogP contribution in [0.25, 0.3) is 10.8 Å². The van der Waals surface area contributed by atoms with Gasteiger partial charge in [-0.05, 0) is 23.9 Å². The highest BCUT2D eigenvalue weighted by molar-refractivity contribution is 5.95. The van der Waals surface area contributed by atoms with Crippen LogP contribution in [0.15, 0.2) is 48.6 Å². The lowest BCUT2D eigenvalue weighted by atomic mass is 10.00. The number of ether oxygens (including phenoxy) is 1. The first-order valence-electron chi connectivity index (χ1n) is 6.53. The Hall–Kier alpha value is -2.62. The number of phenolic OH excluding ortho intramolecular Hbond substituents is 1. The lowest BCUT2D eigenvalue weighted by Gasteiger charge is -2.08. The largest absolute Gasteiger partial charge is 0.507 e. The van der Waals surface area contributed by atoms with Crippen LogP contribution in [0.1, 0.15) is 12.5 Å². The van der Waals surface area contributed by atoms with Gasteiger partial charge in [0.1, 0.15) is 5.75 Å². The molecule has 0 heterocycles. The van der Waals surface area contributed by atoms with Gasteiger partial charge < -0.3 is 9.84 Å². The SMILES string of the molecule is C=C(C)C(=O)OCC(=O)Cc1cccc2c(O)cccc12. The molecule has 0 aliphatic rings. The van der Waals surface area contributed by atoms with Crippen LogP contribution in [0.4, 0.5) is 0 Å². The highest BCUT2D eigenvalue weighted by Crippen LogP contribution is 2.27. The summed E-state index contributed by atoms with van der Waals surface area (Å²) in [6.07, 6.45) is 0.143. The molecule has 2 aromatic rings. The topological polar surface area (TPSA) is 63.6 Å². The van der Waals surface area contributed by atoms with Crippen LogP contribution in [0, 0.1) is 0 Å². The van der Waals surface area contributed by atoms with E-state index in [1.54, 1.807) is 24.3 Å². The number of hydrogen-bond acceptors (Lipinski definition) is 4. The smallest absolute Gasteiger partial charge is 0.333 e. The van der Waals surface area contributed by atoms with Gasteiger partial charge in [0, 0.05) is 17.4 Å². The number of Topliss-reactive ketones (excluding diaryl/α,β-unsaturated/α-hetero) is 1. The zero-order chi connectivity index (χ0) is 15.4. The molecule has 2 rings (SSSR count). The van der Waals surface area contributed by atoms with Gasteiger partial charge in [-0.15, -0.1) is 0 Å². The second kappa shape index (κ2) is 6.22. The van der Waals surface area contributed by atoms with Crippen molar-refractivity contribution in [3.63, 3.8) is 0 Å². The van der Waals surface area contributed by atoms with E-state index in [0.717, 1.165) is 10.9 Å². The van der Waals surface area contributed by atoms with Crippen molar-refractivity contribution in [1.29, 1.82) is 0 Å². The van der Waals surface area contributed by atoms with E-state index in [0.29, 0.717) is 5.39 Å². The third kappa shape index (κ3) is 3.48. The maximum atomic E-state index is 11.9. The summed E-state index contributed by atoms with van der Waals surface area (Å²) >= 11 is 0. The van der Waals surface area contributed by atoms with Crippen molar-refractivity contribution in [3.05, 3.63) is 54.1 Å². The van der Waals surface area contributed by atoms with E-state index in [-0.39, 0.29) is 30.1 Å². The molecule has 0 aromatic heterocycles. The number of carbonyl (C=O) groups is 2. The normalized spacial score (nSPS) is 10.3. The molecule has 2 aromatic carbocycles. The minimum absolute atomic E-state index is 0.143. The van der Waals surface area contributed by atoms with Crippen LogP contribution in [0.3, 0.4) is 0 Å². The number of hydrogen-bond donors (Lipinski definition) is 1. The quantitative estimate of drug-likeness (QED) is 0.677. The van der Waals surface area contributed by atoms with Crippen LogP contribution in [-0.2, 0) is 20.7 Å². The van der Waals surface area contributed by atoms with E-state index in [1.807, 2.05) is 12.1 Å². The van der Waals surface area contributed by atoms with Crippen molar-refractivity contribution < 1.29 is 19.4 Å². The van der Waals surface area contributed by atoms with Gasteiger partial charge in [-0.25, -0.2) is 4.79 Å². The summed E-state index contributed by atoms with van der Waals surface area (Å²) in [5.41, 5.74) is 1.05. The number of aromatic hydroxyl groups is 1. The van der Waals surface area contributed by atoms with Crippen molar-refractivity contribution in [2.24, 2.45) is 0 Å². The van der Waals surface area contributed by atoms with Crippen LogP contribution in [0.2, 0.25) is 0 Å². The summed E-state index contributed by atoms with van der Waals surface area (Å²) in [4.78, 5) is 23.1. The predicted octanol–water partition coefficient (Wildman–Crippen LogP) is 2.78. The molecule has 21 heavy (non-hydrogen) atoms. The molecule has 0 amide bonds. The fourth-order valence-corrected chi connectivity index (χ4v) is 2.05. The summed E-state index contributed by atoms with van der Waals surface area (Å²) in [5, 5.41) is 11.3. The van der Waals surface area contributed by atoms with E-state index in [4.69, 9.17) is 4.74 Å². The maximum Gasteiger partial charge on any atom is 0.333 e. The minimum atomic E-state index is -0.570. The molecule has 0 aliphatic carbocycles. The molecule has 0 fully saturated rings. The molecule has 0 unspecified atom stereocenters. The van der Waals surface area contributed by atoms with Crippen molar-refractivity contribution in [1.82, 2.24) is 0 Å². The third-order valence-electron chi connectivity index (χ3n) is 3.09. The van der Waals surface area contributed by atoms with E-state index < -0.39 is 5.97 Å². The molecule has 4 nitrogen and oxygen atoms in total. The van der Waals surface area contributed by atoms with Crippen LogP contribution >= 0.6 is 0 Å². The van der Waals surface area contributed by atoms with Gasteiger partial charge in [0.25, 0.3) is 0 Å². The average molecular weight is 284 g/mol. The molecular weight excluding hydrogens is 268 g/mol. The number of benzene rings is 2. The van der Waals surface area contributed by atoms with Gasteiger partial charge in [0.2, 0.25) is 0 Å². The molecule has 1 N–H and O–H groups in total. The Morgan fingerprint density at radius 3 is 2.52 bits per heavy atom. The highest BCUT2D eigenvalue weighted by atomic mass is 16.5. The van der Waals surface area contributed by atoms with E-state index in [1.165, 1.54) is 6.92 Å². The Labute approximate surface area is 122 Å². The van der Waals surface area contributed by atoms with Crippen LogP contribution < -0.4 is 0 Å². The number of ketones is 1. The van der Waals surface area contributed by atoms with Crippen molar-refractivity contribution >= 4 is 22.5 Å². The summed E-state index contributed by atoms with van der Waals surface area (Å²) in [6.45, 7) is 4.71. The second-order valence-electron chi connectivity index (χ2n) is 4.86. The molecule has 0 spiro atoms. The maximum absolute atomic E-state index is 11.9. The minimum Gasteiger partial charge on any atom is -0.507 e. The molecule has 0 atom stereocenters. The predicted molar refractivity (Wildman–Crippen MR) is 80.1 cm³/mol. The molecule has 0 radical (unpaired) electrons. The lowest BCUT2D eigenvalue weighted by Crippen LogP contribution is -2.16. The number of carbonyl (C=O) groups excluding carboxylic acids is 2. The molecule has 108 valence electrons. The van der Waals surface area contributed by atoms with Gasteiger partial charge in [-0.1, -0.05) is 36.9 Å². The van der Waals surface area contributed by atoms with Gasteiger partial charge in [0.05, 0.1) is 0 Å². The number of phenols is 1. The Kier molecular flexibility index (Phi) is 4.38. The molecule has 0 bridgehead atoms. The van der Waals surface area contributed by atoms with Gasteiger partial charge in [-0.3, -0.25) is 4.79 Å². The summed E-state index contributed by atoms with van der Waals surface area (Å²) < 4.78 is 4.84. The summed E-state index contributed by atoms with van der Waals surface area (Å²) in [5.74, 6) is -0.602. The Balaban J connectivity index is 2.13. The van der Waals surface area contributed by atoms with Crippen LogP contribution in [0.5, 0.6) is 5.75 Å². The fraction of sp³-hybridized carbons (Fsp3) is 0.176. The van der Waals surface area contributed by atoms with Crippen molar-refractivity contribution in [3.8, 4) is 5.75 Å². The molecule has 0 saturated carbocycles. The molecule has 4 heteroatoms. The van der Waals surface area contributed by atoms with E-state index in [9.17, 15) is 14.7 Å². The first-order chi connectivity index (χ1) is 9.99. The van der Waals surface area contributed by atoms with Crippen molar-refractivity contribution in [2.75, 3.05) is 6.61 Å². The van der Waals surface area contributed by atoms with E-state index >= 15 is 0 Å². The average Bonchev–Trinajstić information content (AvgIpc) is 2.45. The third-order valence-corrected chi connectivity index (χ3v) is 3.09. The second-order valence-corrected chi connectivity index (χ2v) is 4.86. The Bertz CT molecular complexity index is 716. The zero-order valence-electron chi connectivity index (χ0n) is 11.8. The lowest BCUT2D eigenvalue weighted by molar-refractivity contribution is -0.143. The first-order valence-corrected chi connectivity index (χ1v) is 6.53. The molecular formula is C17H16O4. The molecule has 0 saturated heterocycles. The highest BCUT2D eigenvalue weighted by Gasteiger charge is 2.11. The number of fused-ring (bicyclic) bond motifs is 1. The standard InChI is InChI=1S/C17H16O4/c1-11(2)17(20)21-10-13(18)9-12-5-3-7-15-14(12)6-4-8-16(15)19/h3-8,19H,1,9-10H2,2H3. The fourth-order valence-electron chi connectivity index (χ4n) is 2.05. The van der Waals surface area contributed by atoms with E-state index in [2.05, 4.69) is 6.58 Å². The Morgan fingerprint density at radius 1 is 1.14 bits per heavy atom. The van der Waals surface area contributed by atoms with Gasteiger partial charge in [-0.2, -0.15) is 0 Å².